The molecule has 0 amide bonds. The summed E-state index contributed by atoms with van der Waals surface area (Å²) in [6, 6.07) is 8.40. The Morgan fingerprint density at radius 3 is 2.44 bits per heavy atom. The van der Waals surface area contributed by atoms with Crippen molar-refractivity contribution in [2.75, 3.05) is 13.0 Å². The quantitative estimate of drug-likeness (QED) is 0.680. The molecule has 1 unspecified atom stereocenters. The van der Waals surface area contributed by atoms with Crippen LogP contribution in [0.25, 0.3) is 0 Å². The number of rotatable bonds is 6. The van der Waals surface area contributed by atoms with E-state index < -0.39 is 0 Å². The van der Waals surface area contributed by atoms with Gasteiger partial charge in [0, 0.05) is 5.88 Å². The second-order valence-corrected chi connectivity index (χ2v) is 5.77. The van der Waals surface area contributed by atoms with Crippen molar-refractivity contribution in [1.29, 1.82) is 0 Å². The monoisotopic (exact) mass is 266 g/mol. The standard InChI is InChI=1S/C16H23ClO/c1-18-16-8-6-14(7-9-16)11-15(12-17)10-13-4-2-3-5-13/h6-9,13,15H,2-5,10-12H2,1H3. The van der Waals surface area contributed by atoms with Crippen LogP contribution in [-0.2, 0) is 6.42 Å². The normalized spacial score (nSPS) is 17.9. The third-order valence-corrected chi connectivity index (χ3v) is 4.48. The molecule has 1 nitrogen and oxygen atoms in total. The first kappa shape index (κ1) is 13.7. The summed E-state index contributed by atoms with van der Waals surface area (Å²) in [6.07, 6.45) is 8.07. The van der Waals surface area contributed by atoms with Crippen LogP contribution in [0.15, 0.2) is 24.3 Å². The molecule has 1 aliphatic rings. The van der Waals surface area contributed by atoms with Crippen LogP contribution in [0.2, 0.25) is 0 Å². The largest absolute Gasteiger partial charge is 0.497 e. The zero-order valence-corrected chi connectivity index (χ0v) is 12.0. The minimum atomic E-state index is 0.628. The summed E-state index contributed by atoms with van der Waals surface area (Å²) in [6.45, 7) is 0. The van der Waals surface area contributed by atoms with E-state index >= 15 is 0 Å². The number of hydrogen-bond donors (Lipinski definition) is 0. The predicted molar refractivity (Wildman–Crippen MR) is 77.5 cm³/mol. The summed E-state index contributed by atoms with van der Waals surface area (Å²) in [4.78, 5) is 0. The number of methoxy groups -OCH3 is 1. The van der Waals surface area contributed by atoms with Gasteiger partial charge in [-0.2, -0.15) is 0 Å². The fraction of sp³-hybridized carbons (Fsp3) is 0.625. The highest BCUT2D eigenvalue weighted by Gasteiger charge is 2.19. The van der Waals surface area contributed by atoms with Crippen molar-refractivity contribution >= 4 is 11.6 Å². The molecule has 0 spiro atoms. The summed E-state index contributed by atoms with van der Waals surface area (Å²) < 4.78 is 5.18. The maximum Gasteiger partial charge on any atom is 0.118 e. The van der Waals surface area contributed by atoms with Crippen LogP contribution in [0.5, 0.6) is 5.75 Å². The highest BCUT2D eigenvalue weighted by molar-refractivity contribution is 6.18. The molecular formula is C16H23ClO. The first-order chi connectivity index (χ1) is 8.81. The molecule has 2 heteroatoms. The fourth-order valence-corrected chi connectivity index (χ4v) is 3.25. The van der Waals surface area contributed by atoms with Crippen LogP contribution in [0.3, 0.4) is 0 Å². The molecule has 0 aliphatic heterocycles. The van der Waals surface area contributed by atoms with Gasteiger partial charge in [0.2, 0.25) is 0 Å². The van der Waals surface area contributed by atoms with E-state index in [1.54, 1.807) is 7.11 Å². The van der Waals surface area contributed by atoms with Gasteiger partial charge in [0.25, 0.3) is 0 Å². The molecule has 1 aromatic carbocycles. The maximum atomic E-state index is 6.13. The van der Waals surface area contributed by atoms with Crippen molar-refractivity contribution in [2.45, 2.75) is 38.5 Å². The third-order valence-electron chi connectivity index (χ3n) is 4.04. The minimum absolute atomic E-state index is 0.628. The van der Waals surface area contributed by atoms with Crippen molar-refractivity contribution in [3.63, 3.8) is 0 Å². The number of halogens is 1. The van der Waals surface area contributed by atoms with Gasteiger partial charge in [-0.25, -0.2) is 0 Å². The molecule has 0 heterocycles. The van der Waals surface area contributed by atoms with Crippen LogP contribution in [0, 0.1) is 11.8 Å². The van der Waals surface area contributed by atoms with Gasteiger partial charge in [-0.3, -0.25) is 0 Å². The second kappa shape index (κ2) is 7.04. The van der Waals surface area contributed by atoms with Crippen LogP contribution < -0.4 is 4.74 Å². The van der Waals surface area contributed by atoms with Gasteiger partial charge in [-0.05, 0) is 42.4 Å². The van der Waals surface area contributed by atoms with E-state index in [4.69, 9.17) is 16.3 Å². The Bertz CT molecular complexity index is 341. The lowest BCUT2D eigenvalue weighted by atomic mass is 9.90. The molecular weight excluding hydrogens is 244 g/mol. The van der Waals surface area contributed by atoms with Gasteiger partial charge >= 0.3 is 0 Å². The Morgan fingerprint density at radius 1 is 1.22 bits per heavy atom. The van der Waals surface area contributed by atoms with Gasteiger partial charge in [-0.1, -0.05) is 37.8 Å². The lowest BCUT2D eigenvalue weighted by Crippen LogP contribution is -2.11. The van der Waals surface area contributed by atoms with E-state index in [-0.39, 0.29) is 0 Å². The van der Waals surface area contributed by atoms with Gasteiger partial charge in [-0.15, -0.1) is 11.6 Å². The molecule has 1 atom stereocenters. The Balaban J connectivity index is 1.87. The first-order valence-corrected chi connectivity index (χ1v) is 7.54. The highest BCUT2D eigenvalue weighted by atomic mass is 35.5. The average molecular weight is 267 g/mol. The molecule has 2 rings (SSSR count). The van der Waals surface area contributed by atoms with E-state index in [9.17, 15) is 0 Å². The van der Waals surface area contributed by atoms with Crippen LogP contribution in [0.4, 0.5) is 0 Å². The number of alkyl halides is 1. The summed E-state index contributed by atoms with van der Waals surface area (Å²) in [5.74, 6) is 3.26. The molecule has 0 saturated heterocycles. The number of benzene rings is 1. The van der Waals surface area contributed by atoms with Crippen molar-refractivity contribution in [1.82, 2.24) is 0 Å². The van der Waals surface area contributed by atoms with E-state index in [1.807, 2.05) is 12.1 Å². The lowest BCUT2D eigenvalue weighted by molar-refractivity contribution is 0.398. The molecule has 0 N–H and O–H groups in total. The molecule has 18 heavy (non-hydrogen) atoms. The Kier molecular flexibility index (Phi) is 5.37. The Morgan fingerprint density at radius 2 is 1.89 bits per heavy atom. The average Bonchev–Trinajstić information content (AvgIpc) is 2.91. The molecule has 0 radical (unpaired) electrons. The topological polar surface area (TPSA) is 9.23 Å². The zero-order chi connectivity index (χ0) is 12.8. The first-order valence-electron chi connectivity index (χ1n) is 7.00. The molecule has 1 fully saturated rings. The van der Waals surface area contributed by atoms with Gasteiger partial charge < -0.3 is 4.74 Å². The smallest absolute Gasteiger partial charge is 0.118 e. The summed E-state index contributed by atoms with van der Waals surface area (Å²) in [5, 5.41) is 0. The molecule has 100 valence electrons. The van der Waals surface area contributed by atoms with Crippen molar-refractivity contribution in [3.05, 3.63) is 29.8 Å². The predicted octanol–water partition coefficient (Wildman–Crippen LogP) is 4.67. The van der Waals surface area contributed by atoms with Gasteiger partial charge in [0.1, 0.15) is 5.75 Å². The molecule has 1 aliphatic carbocycles. The lowest BCUT2D eigenvalue weighted by Gasteiger charge is -2.18. The van der Waals surface area contributed by atoms with Crippen molar-refractivity contribution in [2.24, 2.45) is 11.8 Å². The highest BCUT2D eigenvalue weighted by Crippen LogP contribution is 2.32. The Labute approximate surface area is 115 Å². The third kappa shape index (κ3) is 3.91. The van der Waals surface area contributed by atoms with E-state index in [0.717, 1.165) is 24.0 Å². The molecule has 1 saturated carbocycles. The van der Waals surface area contributed by atoms with E-state index in [1.165, 1.54) is 37.7 Å². The SMILES string of the molecule is COc1ccc(CC(CCl)CC2CCCC2)cc1. The summed E-state index contributed by atoms with van der Waals surface area (Å²) in [7, 11) is 1.71. The van der Waals surface area contributed by atoms with E-state index in [2.05, 4.69) is 12.1 Å². The van der Waals surface area contributed by atoms with Gasteiger partial charge in [0.05, 0.1) is 7.11 Å². The molecule has 0 aromatic heterocycles. The minimum Gasteiger partial charge on any atom is -0.497 e. The fourth-order valence-electron chi connectivity index (χ4n) is 3.01. The summed E-state index contributed by atoms with van der Waals surface area (Å²) >= 11 is 6.13. The number of hydrogen-bond acceptors (Lipinski definition) is 1. The van der Waals surface area contributed by atoms with Crippen LogP contribution in [-0.4, -0.2) is 13.0 Å². The molecule has 0 bridgehead atoms. The van der Waals surface area contributed by atoms with Crippen LogP contribution in [0.1, 0.15) is 37.7 Å². The maximum absolute atomic E-state index is 6.13. The summed E-state index contributed by atoms with van der Waals surface area (Å²) in [5.41, 5.74) is 1.37. The zero-order valence-electron chi connectivity index (χ0n) is 11.2. The van der Waals surface area contributed by atoms with Gasteiger partial charge in [0.15, 0.2) is 0 Å². The van der Waals surface area contributed by atoms with Crippen molar-refractivity contribution < 1.29 is 4.74 Å². The second-order valence-electron chi connectivity index (χ2n) is 5.46. The Hall–Kier alpha value is -0.690. The number of ether oxygens (including phenoxy) is 1. The molecule has 1 aromatic rings. The van der Waals surface area contributed by atoms with Crippen LogP contribution >= 0.6 is 11.6 Å². The van der Waals surface area contributed by atoms with E-state index in [0.29, 0.717) is 5.92 Å². The van der Waals surface area contributed by atoms with Crippen molar-refractivity contribution in [3.8, 4) is 5.75 Å².